The average Bonchev–Trinajstić information content (AvgIpc) is 3.08. The van der Waals surface area contributed by atoms with Crippen LogP contribution in [-0.4, -0.2) is 34.7 Å². The standard InChI is InChI=1S/C26H21ClN2O5/c1-16(23(30)28-14-19-6-2-5-9-22(19)27)34-26(33)18-12-10-17(11-13-18)15-29-24(31)20-7-3-4-8-21(20)25(29)32/h2-13,16H,14-15H2,1H3,(H,28,30). The summed E-state index contributed by atoms with van der Waals surface area (Å²) < 4.78 is 5.26. The second-order valence-corrected chi connectivity index (χ2v) is 8.20. The average molecular weight is 477 g/mol. The van der Waals surface area contributed by atoms with E-state index in [2.05, 4.69) is 5.32 Å². The van der Waals surface area contributed by atoms with Crippen LogP contribution in [0.15, 0.2) is 72.8 Å². The van der Waals surface area contributed by atoms with E-state index in [1.165, 1.54) is 24.0 Å². The second kappa shape index (κ2) is 9.89. The summed E-state index contributed by atoms with van der Waals surface area (Å²) in [6.45, 7) is 1.78. The van der Waals surface area contributed by atoms with Crippen LogP contribution in [-0.2, 0) is 22.6 Å². The fourth-order valence-electron chi connectivity index (χ4n) is 3.56. The summed E-state index contributed by atoms with van der Waals surface area (Å²) in [7, 11) is 0. The van der Waals surface area contributed by atoms with Crippen molar-refractivity contribution in [1.82, 2.24) is 10.2 Å². The number of ether oxygens (including phenoxy) is 1. The van der Waals surface area contributed by atoms with Gasteiger partial charge in [0.25, 0.3) is 17.7 Å². The number of amides is 3. The highest BCUT2D eigenvalue weighted by molar-refractivity contribution is 6.31. The van der Waals surface area contributed by atoms with Gasteiger partial charge in [-0.25, -0.2) is 4.79 Å². The molecule has 34 heavy (non-hydrogen) atoms. The molecule has 8 heteroatoms. The normalized spacial score (nSPS) is 13.4. The molecule has 0 spiro atoms. The number of fused-ring (bicyclic) bond motifs is 1. The molecule has 0 saturated carbocycles. The van der Waals surface area contributed by atoms with Gasteiger partial charge in [0, 0.05) is 11.6 Å². The van der Waals surface area contributed by atoms with E-state index in [9.17, 15) is 19.2 Å². The smallest absolute Gasteiger partial charge is 0.338 e. The highest BCUT2D eigenvalue weighted by atomic mass is 35.5. The van der Waals surface area contributed by atoms with Gasteiger partial charge in [-0.15, -0.1) is 0 Å². The Balaban J connectivity index is 1.32. The maximum atomic E-state index is 12.5. The number of nitrogens with zero attached hydrogens (tertiary/aromatic N) is 1. The number of hydrogen-bond donors (Lipinski definition) is 1. The van der Waals surface area contributed by atoms with Gasteiger partial charge in [-0.3, -0.25) is 19.3 Å². The molecule has 1 heterocycles. The molecule has 1 unspecified atom stereocenters. The number of halogens is 1. The first-order valence-corrected chi connectivity index (χ1v) is 11.0. The van der Waals surface area contributed by atoms with Crippen molar-refractivity contribution in [2.24, 2.45) is 0 Å². The minimum absolute atomic E-state index is 0.0858. The highest BCUT2D eigenvalue weighted by Crippen LogP contribution is 2.24. The topological polar surface area (TPSA) is 92.8 Å². The van der Waals surface area contributed by atoms with Gasteiger partial charge in [0.15, 0.2) is 6.10 Å². The number of nitrogens with one attached hydrogen (secondary N) is 1. The molecule has 4 rings (SSSR count). The van der Waals surface area contributed by atoms with Crippen LogP contribution in [0.3, 0.4) is 0 Å². The zero-order chi connectivity index (χ0) is 24.2. The van der Waals surface area contributed by atoms with Gasteiger partial charge >= 0.3 is 5.97 Å². The van der Waals surface area contributed by atoms with Crippen LogP contribution in [0, 0.1) is 0 Å². The maximum absolute atomic E-state index is 12.5. The Morgan fingerprint density at radius 3 is 2.12 bits per heavy atom. The van der Waals surface area contributed by atoms with Crippen LogP contribution in [0.2, 0.25) is 5.02 Å². The molecule has 1 N–H and O–H groups in total. The molecule has 0 bridgehead atoms. The molecule has 3 aromatic rings. The lowest BCUT2D eigenvalue weighted by Gasteiger charge is -2.15. The molecule has 1 atom stereocenters. The molecular weight excluding hydrogens is 456 g/mol. The lowest BCUT2D eigenvalue weighted by Crippen LogP contribution is -2.35. The van der Waals surface area contributed by atoms with Crippen LogP contribution in [0.4, 0.5) is 0 Å². The van der Waals surface area contributed by atoms with E-state index in [1.807, 2.05) is 6.07 Å². The molecule has 0 fully saturated rings. The molecule has 7 nitrogen and oxygen atoms in total. The van der Waals surface area contributed by atoms with Gasteiger partial charge in [-0.2, -0.15) is 0 Å². The van der Waals surface area contributed by atoms with E-state index in [0.717, 1.165) is 5.56 Å². The van der Waals surface area contributed by atoms with Crippen molar-refractivity contribution in [3.63, 3.8) is 0 Å². The second-order valence-electron chi connectivity index (χ2n) is 7.80. The number of carbonyl (C=O) groups is 4. The number of imide groups is 1. The number of hydrogen-bond acceptors (Lipinski definition) is 5. The monoisotopic (exact) mass is 476 g/mol. The van der Waals surface area contributed by atoms with Crippen molar-refractivity contribution >= 4 is 35.3 Å². The summed E-state index contributed by atoms with van der Waals surface area (Å²) in [6.07, 6.45) is -1.01. The van der Waals surface area contributed by atoms with Crippen LogP contribution in [0.25, 0.3) is 0 Å². The third-order valence-electron chi connectivity index (χ3n) is 5.47. The Bertz CT molecular complexity index is 1240. The van der Waals surface area contributed by atoms with Gasteiger partial charge in [0.05, 0.1) is 23.2 Å². The summed E-state index contributed by atoms with van der Waals surface area (Å²) in [4.78, 5) is 51.0. The van der Waals surface area contributed by atoms with Crippen molar-refractivity contribution in [2.75, 3.05) is 0 Å². The molecule has 0 aliphatic carbocycles. The Kier molecular flexibility index (Phi) is 6.75. The first kappa shape index (κ1) is 23.2. The summed E-state index contributed by atoms with van der Waals surface area (Å²) in [5, 5.41) is 3.23. The fraction of sp³-hybridized carbons (Fsp3) is 0.154. The third kappa shape index (κ3) is 4.84. The highest BCUT2D eigenvalue weighted by Gasteiger charge is 2.34. The maximum Gasteiger partial charge on any atom is 0.338 e. The van der Waals surface area contributed by atoms with E-state index in [1.54, 1.807) is 54.6 Å². The van der Waals surface area contributed by atoms with Crippen molar-refractivity contribution in [1.29, 1.82) is 0 Å². The van der Waals surface area contributed by atoms with E-state index in [4.69, 9.17) is 16.3 Å². The number of esters is 1. The summed E-state index contributed by atoms with van der Waals surface area (Å²) in [5.74, 6) is -1.80. The molecule has 1 aliphatic rings. The zero-order valence-corrected chi connectivity index (χ0v) is 19.0. The molecule has 172 valence electrons. The SMILES string of the molecule is CC(OC(=O)c1ccc(CN2C(=O)c3ccccc3C2=O)cc1)C(=O)NCc1ccccc1Cl. The van der Waals surface area contributed by atoms with Crippen molar-refractivity contribution in [3.8, 4) is 0 Å². The fourth-order valence-corrected chi connectivity index (χ4v) is 3.76. The lowest BCUT2D eigenvalue weighted by atomic mass is 10.1. The molecule has 3 amide bonds. The number of rotatable bonds is 7. The summed E-state index contributed by atoms with van der Waals surface area (Å²) in [6, 6.07) is 20.2. The van der Waals surface area contributed by atoms with Crippen LogP contribution in [0.1, 0.15) is 49.1 Å². The molecule has 0 saturated heterocycles. The Hall–Kier alpha value is -3.97. The predicted octanol–water partition coefficient (Wildman–Crippen LogP) is 4.00. The van der Waals surface area contributed by atoms with Crippen LogP contribution < -0.4 is 5.32 Å². The van der Waals surface area contributed by atoms with Crippen LogP contribution in [0.5, 0.6) is 0 Å². The Morgan fingerprint density at radius 1 is 0.912 bits per heavy atom. The van der Waals surface area contributed by atoms with Crippen molar-refractivity contribution in [3.05, 3.63) is 106 Å². The van der Waals surface area contributed by atoms with E-state index >= 15 is 0 Å². The zero-order valence-electron chi connectivity index (χ0n) is 18.3. The molecule has 0 aromatic heterocycles. The lowest BCUT2D eigenvalue weighted by molar-refractivity contribution is -0.129. The van der Waals surface area contributed by atoms with Gasteiger partial charge in [0.1, 0.15) is 0 Å². The van der Waals surface area contributed by atoms with Gasteiger partial charge in [-0.1, -0.05) is 54.1 Å². The minimum Gasteiger partial charge on any atom is -0.449 e. The van der Waals surface area contributed by atoms with Crippen LogP contribution >= 0.6 is 11.6 Å². The minimum atomic E-state index is -1.01. The van der Waals surface area contributed by atoms with Crippen molar-refractivity contribution < 1.29 is 23.9 Å². The first-order valence-electron chi connectivity index (χ1n) is 10.6. The quantitative estimate of drug-likeness (QED) is 0.411. The van der Waals surface area contributed by atoms with E-state index < -0.39 is 18.0 Å². The van der Waals surface area contributed by atoms with E-state index in [-0.39, 0.29) is 30.5 Å². The third-order valence-corrected chi connectivity index (χ3v) is 5.84. The number of carbonyl (C=O) groups excluding carboxylic acids is 4. The largest absolute Gasteiger partial charge is 0.449 e. The molecule has 0 radical (unpaired) electrons. The van der Waals surface area contributed by atoms with Gasteiger partial charge in [-0.05, 0) is 48.4 Å². The summed E-state index contributed by atoms with van der Waals surface area (Å²) in [5.41, 5.74) is 2.45. The molecule has 3 aromatic carbocycles. The Labute approximate surface area is 201 Å². The van der Waals surface area contributed by atoms with Gasteiger partial charge < -0.3 is 10.1 Å². The summed E-state index contributed by atoms with van der Waals surface area (Å²) >= 11 is 6.08. The van der Waals surface area contributed by atoms with Crippen molar-refractivity contribution in [2.45, 2.75) is 26.1 Å². The van der Waals surface area contributed by atoms with Gasteiger partial charge in [0.2, 0.25) is 0 Å². The Morgan fingerprint density at radius 2 is 1.50 bits per heavy atom. The number of benzene rings is 3. The first-order chi connectivity index (χ1) is 16.3. The molecule has 1 aliphatic heterocycles. The van der Waals surface area contributed by atoms with E-state index in [0.29, 0.717) is 21.7 Å². The molecular formula is C26H21ClN2O5. The predicted molar refractivity (Wildman–Crippen MR) is 125 cm³/mol.